The van der Waals surface area contributed by atoms with Crippen LogP contribution in [-0.4, -0.2) is 15.8 Å². The highest BCUT2D eigenvalue weighted by Crippen LogP contribution is 2.06. The Morgan fingerprint density at radius 1 is 1.31 bits per heavy atom. The van der Waals surface area contributed by atoms with Gasteiger partial charge in [-0.3, -0.25) is 0 Å². The summed E-state index contributed by atoms with van der Waals surface area (Å²) in [6, 6.07) is 9.81. The second-order valence-corrected chi connectivity index (χ2v) is 3.57. The van der Waals surface area contributed by atoms with E-state index in [9.17, 15) is 0 Å². The quantitative estimate of drug-likeness (QED) is 0.728. The van der Waals surface area contributed by atoms with Crippen LogP contribution in [0.15, 0.2) is 42.7 Å². The molecule has 3 nitrogen and oxygen atoms in total. The van der Waals surface area contributed by atoms with Crippen molar-refractivity contribution >= 4 is 0 Å². The van der Waals surface area contributed by atoms with Crippen molar-refractivity contribution in [1.82, 2.24) is 9.78 Å². The molecule has 1 aromatic heterocycles. The summed E-state index contributed by atoms with van der Waals surface area (Å²) in [5, 5.41) is 4.24. The van der Waals surface area contributed by atoms with Crippen molar-refractivity contribution in [1.29, 1.82) is 0 Å². The minimum Gasteiger partial charge on any atom is -0.318 e. The molecule has 0 saturated heterocycles. The standard InChI is InChI=1S/C13H13N3/c1-11(14)7-8-12-9-15-16(10-12)13-5-3-2-4-6-13/h2-6,9-11H,14H2,1H3. The molecule has 2 rings (SSSR count). The zero-order valence-electron chi connectivity index (χ0n) is 9.09. The SMILES string of the molecule is CC(N)C#Cc1cnn(-c2ccccc2)c1. The molecule has 80 valence electrons. The average Bonchev–Trinajstić information content (AvgIpc) is 2.76. The predicted molar refractivity (Wildman–Crippen MR) is 64.1 cm³/mol. The summed E-state index contributed by atoms with van der Waals surface area (Å²) in [6.07, 6.45) is 3.63. The fourth-order valence-electron chi connectivity index (χ4n) is 1.31. The van der Waals surface area contributed by atoms with Gasteiger partial charge in [0.25, 0.3) is 0 Å². The van der Waals surface area contributed by atoms with Gasteiger partial charge in [0.2, 0.25) is 0 Å². The molecular weight excluding hydrogens is 198 g/mol. The lowest BCUT2D eigenvalue weighted by Crippen LogP contribution is -2.10. The first-order valence-electron chi connectivity index (χ1n) is 5.13. The van der Waals surface area contributed by atoms with Crippen LogP contribution in [0.3, 0.4) is 0 Å². The van der Waals surface area contributed by atoms with Gasteiger partial charge in [0.15, 0.2) is 0 Å². The Bertz CT molecular complexity index is 515. The Kier molecular flexibility index (Phi) is 3.04. The number of benzene rings is 1. The van der Waals surface area contributed by atoms with Gasteiger partial charge in [-0.2, -0.15) is 5.10 Å². The minimum absolute atomic E-state index is 0.111. The van der Waals surface area contributed by atoms with Crippen LogP contribution in [-0.2, 0) is 0 Å². The number of rotatable bonds is 1. The summed E-state index contributed by atoms with van der Waals surface area (Å²) in [5.74, 6) is 5.88. The lowest BCUT2D eigenvalue weighted by atomic mass is 10.3. The summed E-state index contributed by atoms with van der Waals surface area (Å²) in [6.45, 7) is 1.86. The van der Waals surface area contributed by atoms with E-state index in [0.717, 1.165) is 11.3 Å². The number of aromatic nitrogens is 2. The third-order valence-corrected chi connectivity index (χ3v) is 2.05. The fourth-order valence-corrected chi connectivity index (χ4v) is 1.31. The summed E-state index contributed by atoms with van der Waals surface area (Å²) >= 11 is 0. The Hall–Kier alpha value is -2.05. The first kappa shape index (κ1) is 10.5. The molecule has 1 aromatic carbocycles. The molecule has 0 fully saturated rings. The highest BCUT2D eigenvalue weighted by atomic mass is 15.3. The van der Waals surface area contributed by atoms with Gasteiger partial charge in [-0.15, -0.1) is 0 Å². The van der Waals surface area contributed by atoms with Crippen molar-refractivity contribution in [3.8, 4) is 17.5 Å². The summed E-state index contributed by atoms with van der Waals surface area (Å²) in [7, 11) is 0. The highest BCUT2D eigenvalue weighted by molar-refractivity contribution is 5.36. The third-order valence-electron chi connectivity index (χ3n) is 2.05. The Labute approximate surface area is 94.9 Å². The molecule has 0 aliphatic carbocycles. The molecule has 0 bridgehead atoms. The number of hydrogen-bond donors (Lipinski definition) is 1. The third kappa shape index (κ3) is 2.50. The van der Waals surface area contributed by atoms with Crippen molar-refractivity contribution in [2.45, 2.75) is 13.0 Å². The molecule has 1 heterocycles. The van der Waals surface area contributed by atoms with Crippen molar-refractivity contribution in [2.75, 3.05) is 0 Å². The van der Waals surface area contributed by atoms with Crippen molar-refractivity contribution in [3.63, 3.8) is 0 Å². The first-order valence-corrected chi connectivity index (χ1v) is 5.13. The van der Waals surface area contributed by atoms with E-state index < -0.39 is 0 Å². The molecule has 0 saturated carbocycles. The molecule has 0 spiro atoms. The van der Waals surface area contributed by atoms with E-state index in [-0.39, 0.29) is 6.04 Å². The van der Waals surface area contributed by atoms with Gasteiger partial charge in [-0.25, -0.2) is 4.68 Å². The molecule has 0 aliphatic rings. The second kappa shape index (κ2) is 4.65. The topological polar surface area (TPSA) is 43.8 Å². The number of nitrogens with zero attached hydrogens (tertiary/aromatic N) is 2. The minimum atomic E-state index is -0.111. The Morgan fingerprint density at radius 2 is 2.06 bits per heavy atom. The van der Waals surface area contributed by atoms with Crippen LogP contribution in [0.1, 0.15) is 12.5 Å². The average molecular weight is 211 g/mol. The molecular formula is C13H13N3. The van der Waals surface area contributed by atoms with E-state index in [4.69, 9.17) is 5.73 Å². The predicted octanol–water partition coefficient (Wildman–Crippen LogP) is 1.57. The van der Waals surface area contributed by atoms with Crippen molar-refractivity contribution < 1.29 is 0 Å². The van der Waals surface area contributed by atoms with Crippen molar-refractivity contribution in [3.05, 3.63) is 48.3 Å². The van der Waals surface area contributed by atoms with Crippen molar-refractivity contribution in [2.24, 2.45) is 5.73 Å². The van der Waals surface area contributed by atoms with E-state index in [0.29, 0.717) is 0 Å². The van der Waals surface area contributed by atoms with Gasteiger partial charge in [-0.05, 0) is 19.1 Å². The van der Waals surface area contributed by atoms with E-state index in [1.807, 2.05) is 43.5 Å². The maximum absolute atomic E-state index is 5.56. The van der Waals surface area contributed by atoms with E-state index in [1.54, 1.807) is 10.9 Å². The van der Waals surface area contributed by atoms with Crippen LogP contribution in [0.5, 0.6) is 0 Å². The number of hydrogen-bond acceptors (Lipinski definition) is 2. The lowest BCUT2D eigenvalue weighted by molar-refractivity contribution is 0.880. The smallest absolute Gasteiger partial charge is 0.0651 e. The van der Waals surface area contributed by atoms with E-state index in [2.05, 4.69) is 16.9 Å². The molecule has 1 unspecified atom stereocenters. The first-order chi connectivity index (χ1) is 7.75. The zero-order valence-corrected chi connectivity index (χ0v) is 9.09. The van der Waals surface area contributed by atoms with E-state index in [1.165, 1.54) is 0 Å². The Morgan fingerprint density at radius 3 is 2.75 bits per heavy atom. The maximum atomic E-state index is 5.56. The van der Waals surface area contributed by atoms with Crippen LogP contribution < -0.4 is 5.73 Å². The fraction of sp³-hybridized carbons (Fsp3) is 0.154. The molecule has 2 N–H and O–H groups in total. The largest absolute Gasteiger partial charge is 0.318 e. The number of para-hydroxylation sites is 1. The normalized spacial score (nSPS) is 11.6. The summed E-state index contributed by atoms with van der Waals surface area (Å²) in [4.78, 5) is 0. The van der Waals surface area contributed by atoms with Crippen LogP contribution in [0.4, 0.5) is 0 Å². The maximum Gasteiger partial charge on any atom is 0.0651 e. The van der Waals surface area contributed by atoms with Crippen LogP contribution in [0, 0.1) is 11.8 Å². The van der Waals surface area contributed by atoms with Gasteiger partial charge in [0.05, 0.1) is 23.5 Å². The Balaban J connectivity index is 2.25. The van der Waals surface area contributed by atoms with Gasteiger partial charge in [-0.1, -0.05) is 30.0 Å². The summed E-state index contributed by atoms with van der Waals surface area (Å²) in [5.41, 5.74) is 7.46. The van der Waals surface area contributed by atoms with E-state index >= 15 is 0 Å². The molecule has 0 radical (unpaired) electrons. The van der Waals surface area contributed by atoms with Crippen LogP contribution in [0.2, 0.25) is 0 Å². The van der Waals surface area contributed by atoms with Crippen LogP contribution in [0.25, 0.3) is 5.69 Å². The molecule has 2 aromatic rings. The van der Waals surface area contributed by atoms with Gasteiger partial charge in [0.1, 0.15) is 0 Å². The molecule has 1 atom stereocenters. The van der Waals surface area contributed by atoms with Gasteiger partial charge >= 0.3 is 0 Å². The molecule has 16 heavy (non-hydrogen) atoms. The summed E-state index contributed by atoms with van der Waals surface area (Å²) < 4.78 is 1.80. The van der Waals surface area contributed by atoms with Gasteiger partial charge in [0, 0.05) is 6.20 Å². The molecule has 0 amide bonds. The highest BCUT2D eigenvalue weighted by Gasteiger charge is 1.97. The molecule has 3 heteroatoms. The zero-order chi connectivity index (χ0) is 11.4. The van der Waals surface area contributed by atoms with Crippen LogP contribution >= 0.6 is 0 Å². The monoisotopic (exact) mass is 211 g/mol. The van der Waals surface area contributed by atoms with Gasteiger partial charge < -0.3 is 5.73 Å². The lowest BCUT2D eigenvalue weighted by Gasteiger charge is -1.98. The second-order valence-electron chi connectivity index (χ2n) is 3.57. The molecule has 0 aliphatic heterocycles. The number of nitrogens with two attached hydrogens (primary N) is 1.